The third-order valence-corrected chi connectivity index (χ3v) is 11.1. The lowest BCUT2D eigenvalue weighted by Crippen LogP contribution is -2.11. The molecular weight excluding hydrogens is 721 g/mol. The number of furan rings is 1. The summed E-state index contributed by atoms with van der Waals surface area (Å²) in [6.45, 7) is 0. The molecule has 278 valence electrons. The average Bonchev–Trinajstić information content (AvgIpc) is 3.90. The monoisotopic (exact) mass is 756 g/mol. The zero-order chi connectivity index (χ0) is 39.1. The maximum atomic E-state index is 6.45. The van der Waals surface area contributed by atoms with E-state index in [1.54, 1.807) is 0 Å². The quantitative estimate of drug-likeness (QED) is 0.155. The third kappa shape index (κ3) is 6.43. The van der Waals surface area contributed by atoms with Crippen LogP contribution < -0.4 is 4.90 Å². The van der Waals surface area contributed by atoms with E-state index in [9.17, 15) is 0 Å². The van der Waals surface area contributed by atoms with E-state index in [-0.39, 0.29) is 0 Å². The normalized spacial score (nSPS) is 11.4. The number of fused-ring (bicyclic) bond motifs is 4. The van der Waals surface area contributed by atoms with Crippen LogP contribution in [0, 0.1) is 0 Å². The second kappa shape index (κ2) is 14.5. The van der Waals surface area contributed by atoms with Crippen LogP contribution in [0.2, 0.25) is 0 Å². The Morgan fingerprint density at radius 3 is 1.42 bits per heavy atom. The lowest BCUT2D eigenvalue weighted by molar-refractivity contribution is 0.620. The van der Waals surface area contributed by atoms with Crippen LogP contribution in [0.15, 0.2) is 227 Å². The molecule has 0 fully saturated rings. The molecule has 0 amide bonds. The summed E-state index contributed by atoms with van der Waals surface area (Å²) >= 11 is 0. The summed E-state index contributed by atoms with van der Waals surface area (Å²) in [6.07, 6.45) is 0. The molecule has 0 saturated carbocycles. The molecule has 0 saturated heterocycles. The van der Waals surface area contributed by atoms with E-state index in [4.69, 9.17) is 13.8 Å². The number of para-hydroxylation sites is 1. The minimum Gasteiger partial charge on any atom is -0.456 e. The maximum Gasteiger partial charge on any atom is 0.227 e. The van der Waals surface area contributed by atoms with Crippen molar-refractivity contribution in [3.8, 4) is 56.0 Å². The van der Waals surface area contributed by atoms with Gasteiger partial charge in [0.05, 0.1) is 5.69 Å². The van der Waals surface area contributed by atoms with Gasteiger partial charge in [-0.05, 0) is 99.6 Å². The highest BCUT2D eigenvalue weighted by Gasteiger charge is 2.19. The molecule has 0 radical (unpaired) electrons. The fourth-order valence-corrected chi connectivity index (χ4v) is 8.13. The van der Waals surface area contributed by atoms with E-state index in [2.05, 4.69) is 181 Å². The Hall–Kier alpha value is -7.95. The number of anilines is 3. The van der Waals surface area contributed by atoms with Gasteiger partial charge >= 0.3 is 0 Å². The summed E-state index contributed by atoms with van der Waals surface area (Å²) in [7, 11) is 0. The zero-order valence-electron chi connectivity index (χ0n) is 32.0. The zero-order valence-corrected chi connectivity index (χ0v) is 32.0. The molecule has 0 N–H and O–H groups in total. The number of nitrogens with zero attached hydrogens (tertiary/aromatic N) is 2. The standard InChI is InChI=1S/C55H36N2O2/c1-4-12-37(13-5-1)38-20-22-39(23-21-38)40-24-29-45(30-25-40)57(51-19-11-10-18-47(51)42-14-6-2-7-15-42)46-31-26-41(27-32-46)44-28-33-48-49-35-54-50(36-53(49)58-52(48)34-44)56-55(59-54)43-16-8-3-9-17-43/h1-36H. The van der Waals surface area contributed by atoms with Crippen LogP contribution in [-0.2, 0) is 0 Å². The summed E-state index contributed by atoms with van der Waals surface area (Å²) in [5.74, 6) is 0.604. The Morgan fingerprint density at radius 2 is 0.797 bits per heavy atom. The predicted molar refractivity (Wildman–Crippen MR) is 243 cm³/mol. The molecule has 4 nitrogen and oxygen atoms in total. The van der Waals surface area contributed by atoms with Gasteiger partial charge in [-0.3, -0.25) is 0 Å². The third-order valence-electron chi connectivity index (χ3n) is 11.1. The molecule has 9 aromatic carbocycles. The van der Waals surface area contributed by atoms with Gasteiger partial charge in [-0.25, -0.2) is 4.98 Å². The summed E-state index contributed by atoms with van der Waals surface area (Å²) in [4.78, 5) is 7.11. The van der Waals surface area contributed by atoms with Gasteiger partial charge in [0, 0.05) is 39.3 Å². The molecule has 0 aliphatic rings. The van der Waals surface area contributed by atoms with Gasteiger partial charge in [-0.1, -0.05) is 152 Å². The lowest BCUT2D eigenvalue weighted by atomic mass is 9.99. The summed E-state index contributed by atoms with van der Waals surface area (Å²) < 4.78 is 12.6. The molecule has 0 aliphatic heterocycles. The fraction of sp³-hybridized carbons (Fsp3) is 0. The van der Waals surface area contributed by atoms with Crippen LogP contribution in [-0.4, -0.2) is 4.98 Å². The van der Waals surface area contributed by atoms with Crippen LogP contribution in [0.4, 0.5) is 17.1 Å². The highest BCUT2D eigenvalue weighted by Crippen LogP contribution is 2.42. The highest BCUT2D eigenvalue weighted by atomic mass is 16.4. The summed E-state index contributed by atoms with van der Waals surface area (Å²) in [6, 6.07) is 76.7. The van der Waals surface area contributed by atoms with Crippen LogP contribution >= 0.6 is 0 Å². The molecule has 11 aromatic rings. The number of aromatic nitrogens is 1. The van der Waals surface area contributed by atoms with Crippen molar-refractivity contribution in [2.75, 3.05) is 4.90 Å². The minimum absolute atomic E-state index is 0.604. The molecule has 0 aliphatic carbocycles. The molecule has 0 unspecified atom stereocenters. The number of oxazole rings is 1. The Kier molecular flexibility index (Phi) is 8.45. The van der Waals surface area contributed by atoms with Gasteiger partial charge in [0.15, 0.2) is 5.58 Å². The van der Waals surface area contributed by atoms with Gasteiger partial charge in [-0.15, -0.1) is 0 Å². The highest BCUT2D eigenvalue weighted by molar-refractivity contribution is 6.09. The van der Waals surface area contributed by atoms with E-state index >= 15 is 0 Å². The van der Waals surface area contributed by atoms with E-state index in [1.807, 2.05) is 42.5 Å². The molecule has 0 spiro atoms. The van der Waals surface area contributed by atoms with Gasteiger partial charge in [0.2, 0.25) is 5.89 Å². The Morgan fingerprint density at radius 1 is 0.322 bits per heavy atom. The van der Waals surface area contributed by atoms with Crippen molar-refractivity contribution in [2.24, 2.45) is 0 Å². The Balaban J connectivity index is 0.935. The summed E-state index contributed by atoms with van der Waals surface area (Å²) in [5.41, 5.74) is 16.6. The van der Waals surface area contributed by atoms with Crippen molar-refractivity contribution in [1.82, 2.24) is 4.98 Å². The van der Waals surface area contributed by atoms with Crippen molar-refractivity contribution >= 4 is 50.1 Å². The van der Waals surface area contributed by atoms with Crippen molar-refractivity contribution in [3.05, 3.63) is 218 Å². The number of hydrogen-bond acceptors (Lipinski definition) is 4. The Bertz CT molecular complexity index is 3220. The van der Waals surface area contributed by atoms with Gasteiger partial charge < -0.3 is 13.7 Å². The van der Waals surface area contributed by atoms with Crippen LogP contribution in [0.25, 0.3) is 89.0 Å². The van der Waals surface area contributed by atoms with Crippen molar-refractivity contribution < 1.29 is 8.83 Å². The molecule has 59 heavy (non-hydrogen) atoms. The van der Waals surface area contributed by atoms with Crippen LogP contribution in [0.5, 0.6) is 0 Å². The molecule has 2 aromatic heterocycles. The van der Waals surface area contributed by atoms with E-state index in [0.29, 0.717) is 5.89 Å². The number of hydrogen-bond donors (Lipinski definition) is 0. The number of rotatable bonds is 8. The first-order chi connectivity index (χ1) is 29.2. The SMILES string of the molecule is c1ccc(-c2ccc(-c3ccc(N(c4ccc(-c5ccc6c(c5)oc5cc7nc(-c8ccccc8)oc7cc56)cc4)c4ccccc4-c4ccccc4)cc3)cc2)cc1. The largest absolute Gasteiger partial charge is 0.456 e. The Labute approximate surface area is 341 Å². The van der Waals surface area contributed by atoms with Gasteiger partial charge in [-0.2, -0.15) is 0 Å². The molecular formula is C55H36N2O2. The van der Waals surface area contributed by atoms with Gasteiger partial charge in [0.25, 0.3) is 0 Å². The van der Waals surface area contributed by atoms with Crippen molar-refractivity contribution in [1.29, 1.82) is 0 Å². The average molecular weight is 757 g/mol. The predicted octanol–water partition coefficient (Wildman–Crippen LogP) is 15.5. The second-order valence-electron chi connectivity index (χ2n) is 14.8. The van der Waals surface area contributed by atoms with Crippen molar-refractivity contribution in [3.63, 3.8) is 0 Å². The first-order valence-electron chi connectivity index (χ1n) is 19.9. The van der Waals surface area contributed by atoms with Gasteiger partial charge in [0.1, 0.15) is 16.7 Å². The molecule has 0 bridgehead atoms. The van der Waals surface area contributed by atoms with E-state index < -0.39 is 0 Å². The first kappa shape index (κ1) is 34.3. The smallest absolute Gasteiger partial charge is 0.227 e. The van der Waals surface area contributed by atoms with E-state index in [1.165, 1.54) is 27.8 Å². The minimum atomic E-state index is 0.604. The topological polar surface area (TPSA) is 42.4 Å². The molecule has 4 heteroatoms. The fourth-order valence-electron chi connectivity index (χ4n) is 8.13. The number of benzene rings is 9. The lowest BCUT2D eigenvalue weighted by Gasteiger charge is -2.28. The van der Waals surface area contributed by atoms with Crippen LogP contribution in [0.1, 0.15) is 0 Å². The summed E-state index contributed by atoms with van der Waals surface area (Å²) in [5, 5.41) is 2.05. The maximum absolute atomic E-state index is 6.45. The van der Waals surface area contributed by atoms with E-state index in [0.717, 1.165) is 72.4 Å². The molecule has 2 heterocycles. The molecule has 11 rings (SSSR count). The van der Waals surface area contributed by atoms with Crippen LogP contribution in [0.3, 0.4) is 0 Å². The second-order valence-corrected chi connectivity index (χ2v) is 14.8. The first-order valence-corrected chi connectivity index (χ1v) is 19.9. The van der Waals surface area contributed by atoms with Crippen molar-refractivity contribution in [2.45, 2.75) is 0 Å². The molecule has 0 atom stereocenters.